The molecule has 0 saturated carbocycles. The minimum atomic E-state index is -2.51. The molecule has 24 heavy (non-hydrogen) atoms. The van der Waals surface area contributed by atoms with Crippen molar-refractivity contribution in [3.05, 3.63) is 0 Å². The third-order valence-corrected chi connectivity index (χ3v) is 2.40. The van der Waals surface area contributed by atoms with Crippen LogP contribution in [-0.4, -0.2) is 71.9 Å². The van der Waals surface area contributed by atoms with Gasteiger partial charge in [-0.3, -0.25) is 19.2 Å². The predicted molar refractivity (Wildman–Crippen MR) is 71.2 cm³/mol. The summed E-state index contributed by atoms with van der Waals surface area (Å²) >= 11 is 0. The van der Waals surface area contributed by atoms with E-state index in [0.29, 0.717) is 0 Å². The van der Waals surface area contributed by atoms with Crippen molar-refractivity contribution in [3.8, 4) is 0 Å². The van der Waals surface area contributed by atoms with Gasteiger partial charge in [-0.25, -0.2) is 9.59 Å². The summed E-state index contributed by atoms with van der Waals surface area (Å²) in [5.41, 5.74) is -2.51. The van der Waals surface area contributed by atoms with Crippen LogP contribution in [0.4, 0.5) is 0 Å². The van der Waals surface area contributed by atoms with Crippen LogP contribution in [0.2, 0.25) is 0 Å². The first-order chi connectivity index (χ1) is 10.8. The molecule has 0 heterocycles. The zero-order valence-electron chi connectivity index (χ0n) is 12.2. The molecule has 0 aliphatic rings. The fourth-order valence-corrected chi connectivity index (χ4v) is 1.16. The Hall–Kier alpha value is -3.02. The summed E-state index contributed by atoms with van der Waals surface area (Å²) in [6.07, 6.45) is -3.12. The SMILES string of the molecule is O=C(O)CCC(=O)C(=O)O.O=C(O)CC[C@@](O)(CC(=O)O)C(=O)O. The Morgan fingerprint density at radius 2 is 1.12 bits per heavy atom. The van der Waals surface area contributed by atoms with Crippen LogP contribution in [0.1, 0.15) is 32.1 Å². The molecule has 0 saturated heterocycles. The number of ketones is 1. The summed E-state index contributed by atoms with van der Waals surface area (Å²) in [5, 5.41) is 50.2. The molecule has 0 fully saturated rings. The van der Waals surface area contributed by atoms with Gasteiger partial charge < -0.3 is 30.6 Å². The van der Waals surface area contributed by atoms with E-state index >= 15 is 0 Å². The molecule has 0 amide bonds. The van der Waals surface area contributed by atoms with Crippen LogP contribution in [0.5, 0.6) is 0 Å². The van der Waals surface area contributed by atoms with E-state index in [4.69, 9.17) is 25.5 Å². The monoisotopic (exact) mass is 352 g/mol. The van der Waals surface area contributed by atoms with Crippen LogP contribution in [0.15, 0.2) is 0 Å². The molecular formula is C12H16O12. The van der Waals surface area contributed by atoms with E-state index in [1.807, 2.05) is 0 Å². The third kappa shape index (κ3) is 11.6. The fourth-order valence-electron chi connectivity index (χ4n) is 1.16. The van der Waals surface area contributed by atoms with Crippen molar-refractivity contribution in [1.29, 1.82) is 0 Å². The highest BCUT2D eigenvalue weighted by molar-refractivity contribution is 6.32. The van der Waals surface area contributed by atoms with Crippen LogP contribution >= 0.6 is 0 Å². The van der Waals surface area contributed by atoms with Crippen LogP contribution in [0.3, 0.4) is 0 Å². The van der Waals surface area contributed by atoms with Crippen molar-refractivity contribution in [2.75, 3.05) is 0 Å². The number of carboxylic acid groups (broad SMARTS) is 5. The quantitative estimate of drug-likeness (QED) is 0.251. The summed E-state index contributed by atoms with van der Waals surface area (Å²) in [5.74, 6) is -8.35. The van der Waals surface area contributed by atoms with Crippen LogP contribution in [0, 0.1) is 0 Å². The van der Waals surface area contributed by atoms with E-state index in [-0.39, 0.29) is 0 Å². The van der Waals surface area contributed by atoms with Crippen molar-refractivity contribution >= 4 is 35.6 Å². The average molecular weight is 352 g/mol. The summed E-state index contributed by atoms with van der Waals surface area (Å²) < 4.78 is 0. The molecule has 0 aromatic rings. The van der Waals surface area contributed by atoms with Crippen molar-refractivity contribution < 1.29 is 59.4 Å². The average Bonchev–Trinajstić information content (AvgIpc) is 2.42. The highest BCUT2D eigenvalue weighted by Gasteiger charge is 2.38. The van der Waals surface area contributed by atoms with E-state index in [0.717, 1.165) is 0 Å². The Morgan fingerprint density at radius 1 is 0.667 bits per heavy atom. The molecule has 0 spiro atoms. The highest BCUT2D eigenvalue weighted by atomic mass is 16.4. The first-order valence-corrected chi connectivity index (χ1v) is 6.19. The van der Waals surface area contributed by atoms with Gasteiger partial charge in [-0.1, -0.05) is 0 Å². The van der Waals surface area contributed by atoms with E-state index in [1.54, 1.807) is 0 Å². The number of rotatable bonds is 10. The molecule has 1 atom stereocenters. The Morgan fingerprint density at radius 3 is 1.42 bits per heavy atom. The highest BCUT2D eigenvalue weighted by Crippen LogP contribution is 2.18. The van der Waals surface area contributed by atoms with E-state index < -0.39 is 73.3 Å². The maximum atomic E-state index is 10.5. The molecule has 12 nitrogen and oxygen atoms in total. The van der Waals surface area contributed by atoms with Crippen LogP contribution in [0.25, 0.3) is 0 Å². The molecule has 0 bridgehead atoms. The Bertz CT molecular complexity index is 522. The second-order valence-electron chi connectivity index (χ2n) is 4.42. The summed E-state index contributed by atoms with van der Waals surface area (Å²) in [7, 11) is 0. The second kappa shape index (κ2) is 10.7. The van der Waals surface area contributed by atoms with Crippen LogP contribution < -0.4 is 0 Å². The lowest BCUT2D eigenvalue weighted by Gasteiger charge is -2.19. The lowest BCUT2D eigenvalue weighted by molar-refractivity contribution is -0.167. The van der Waals surface area contributed by atoms with Gasteiger partial charge in [0.05, 0.1) is 12.8 Å². The maximum Gasteiger partial charge on any atom is 0.372 e. The molecule has 0 aliphatic heterocycles. The molecule has 6 N–H and O–H groups in total. The minimum absolute atomic E-state index is 0.425. The number of carboxylic acids is 5. The van der Waals surface area contributed by atoms with Gasteiger partial charge in [0.2, 0.25) is 5.78 Å². The smallest absolute Gasteiger partial charge is 0.372 e. The van der Waals surface area contributed by atoms with Gasteiger partial charge in [-0.2, -0.15) is 0 Å². The fraction of sp³-hybridized carbons (Fsp3) is 0.500. The first-order valence-electron chi connectivity index (χ1n) is 6.19. The molecule has 0 aromatic carbocycles. The number of aliphatic carboxylic acids is 5. The number of hydrogen-bond acceptors (Lipinski definition) is 7. The van der Waals surface area contributed by atoms with Gasteiger partial charge in [0, 0.05) is 12.8 Å². The third-order valence-electron chi connectivity index (χ3n) is 2.40. The van der Waals surface area contributed by atoms with Gasteiger partial charge in [0.25, 0.3) is 0 Å². The summed E-state index contributed by atoms with van der Waals surface area (Å²) in [6, 6.07) is 0. The molecule has 0 unspecified atom stereocenters. The van der Waals surface area contributed by atoms with Crippen molar-refractivity contribution in [2.45, 2.75) is 37.7 Å². The molecule has 0 aromatic heterocycles. The number of hydrogen-bond donors (Lipinski definition) is 6. The maximum absolute atomic E-state index is 10.5. The standard InChI is InChI=1S/C7H10O7.C5H6O5/c8-4(9)1-2-7(14,6(12)13)3-5(10)11;6-3(5(9)10)1-2-4(7)8/h14H,1-3H2,(H,8,9)(H,10,11)(H,12,13);1-2H2,(H,7,8)(H,9,10)/t7-;/m1./s1. The molecule has 136 valence electrons. The van der Waals surface area contributed by atoms with E-state index in [2.05, 4.69) is 0 Å². The molecule has 0 rings (SSSR count). The zero-order chi connectivity index (χ0) is 19.5. The van der Waals surface area contributed by atoms with Gasteiger partial charge in [0.1, 0.15) is 0 Å². The van der Waals surface area contributed by atoms with Crippen LogP contribution in [-0.2, 0) is 28.8 Å². The van der Waals surface area contributed by atoms with Crippen molar-refractivity contribution in [3.63, 3.8) is 0 Å². The Balaban J connectivity index is 0. The van der Waals surface area contributed by atoms with Crippen molar-refractivity contribution in [2.24, 2.45) is 0 Å². The van der Waals surface area contributed by atoms with Crippen molar-refractivity contribution in [1.82, 2.24) is 0 Å². The topological polar surface area (TPSA) is 224 Å². The normalized spacial score (nSPS) is 12.0. The van der Waals surface area contributed by atoms with E-state index in [9.17, 15) is 33.9 Å². The molecule has 0 radical (unpaired) electrons. The Labute approximate surface area is 133 Å². The largest absolute Gasteiger partial charge is 0.481 e. The number of carbonyl (C=O) groups excluding carboxylic acids is 1. The molecule has 0 aliphatic carbocycles. The first kappa shape index (κ1) is 23.2. The second-order valence-corrected chi connectivity index (χ2v) is 4.42. The van der Waals surface area contributed by atoms with E-state index in [1.165, 1.54) is 0 Å². The summed E-state index contributed by atoms with van der Waals surface area (Å²) in [4.78, 5) is 60.5. The van der Waals surface area contributed by atoms with Gasteiger partial charge in [-0.05, 0) is 6.42 Å². The summed E-state index contributed by atoms with van der Waals surface area (Å²) in [6.45, 7) is 0. The Kier molecular flexibility index (Phi) is 10.3. The van der Waals surface area contributed by atoms with Gasteiger partial charge in [0.15, 0.2) is 5.60 Å². The molecular weight excluding hydrogens is 336 g/mol. The van der Waals surface area contributed by atoms with Gasteiger partial charge >= 0.3 is 29.8 Å². The predicted octanol–water partition coefficient (Wildman–Crippen LogP) is -1.35. The molecule has 12 heteroatoms. The lowest BCUT2D eigenvalue weighted by atomic mass is 9.94. The minimum Gasteiger partial charge on any atom is -0.481 e. The number of aliphatic hydroxyl groups is 1. The number of Topliss-reactive ketones (excluding diaryl/α,β-unsaturated/α-hetero) is 1. The van der Waals surface area contributed by atoms with Gasteiger partial charge in [-0.15, -0.1) is 0 Å². The lowest BCUT2D eigenvalue weighted by Crippen LogP contribution is -2.41. The number of carbonyl (C=O) groups is 6. The zero-order valence-corrected chi connectivity index (χ0v) is 12.2.